The molecule has 3 rings (SSSR count). The van der Waals surface area contributed by atoms with E-state index in [1.807, 2.05) is 37.3 Å². The van der Waals surface area contributed by atoms with Crippen molar-refractivity contribution in [3.05, 3.63) is 64.9 Å². The highest BCUT2D eigenvalue weighted by Gasteiger charge is 2.16. The van der Waals surface area contributed by atoms with Gasteiger partial charge in [0.25, 0.3) is 5.91 Å². The molecule has 0 saturated carbocycles. The quantitative estimate of drug-likeness (QED) is 0.691. The lowest BCUT2D eigenvalue weighted by Crippen LogP contribution is -2.28. The van der Waals surface area contributed by atoms with Crippen LogP contribution in [0.1, 0.15) is 28.0 Å². The summed E-state index contributed by atoms with van der Waals surface area (Å²) in [6.45, 7) is 5.37. The highest BCUT2D eigenvalue weighted by Crippen LogP contribution is 2.28. The fourth-order valence-electron chi connectivity index (χ4n) is 2.70. The molecule has 0 unspecified atom stereocenters. The summed E-state index contributed by atoms with van der Waals surface area (Å²) in [5.41, 5.74) is 2.83. The summed E-state index contributed by atoms with van der Waals surface area (Å²) in [5.74, 6) is -0.0310. The number of hydrogen-bond acceptors (Lipinski definition) is 3. The standard InChI is InChI=1S/C19H21N3OS/c1-3-4-11-22-16-12-14(2)24-18(16)13-17(22)19(23)21-10-8-15-7-5-6-9-20-15/h3-7,9,12-13H,8,10-11H2,1-2H3,(H,21,23)/b4-3+. The molecule has 3 aromatic rings. The van der Waals surface area contributed by atoms with Crippen LogP contribution in [0.2, 0.25) is 0 Å². The molecule has 3 aromatic heterocycles. The van der Waals surface area contributed by atoms with E-state index in [1.54, 1.807) is 17.5 Å². The number of allylic oxidation sites excluding steroid dienone is 2. The Bertz CT molecular complexity index is 862. The second-order valence-corrected chi connectivity index (χ2v) is 6.93. The summed E-state index contributed by atoms with van der Waals surface area (Å²) in [6, 6.07) is 9.97. The Morgan fingerprint density at radius 1 is 1.38 bits per heavy atom. The monoisotopic (exact) mass is 339 g/mol. The number of carbonyl (C=O) groups excluding carboxylic acids is 1. The zero-order valence-electron chi connectivity index (χ0n) is 14.0. The second-order valence-electron chi connectivity index (χ2n) is 5.64. The van der Waals surface area contributed by atoms with Gasteiger partial charge in [-0.2, -0.15) is 0 Å². The molecule has 1 amide bonds. The molecule has 24 heavy (non-hydrogen) atoms. The number of nitrogens with zero attached hydrogens (tertiary/aromatic N) is 2. The van der Waals surface area contributed by atoms with Gasteiger partial charge in [0.1, 0.15) is 5.69 Å². The van der Waals surface area contributed by atoms with Gasteiger partial charge in [-0.3, -0.25) is 9.78 Å². The first-order chi connectivity index (χ1) is 11.7. The highest BCUT2D eigenvalue weighted by molar-refractivity contribution is 7.19. The summed E-state index contributed by atoms with van der Waals surface area (Å²) in [4.78, 5) is 18.1. The van der Waals surface area contributed by atoms with Gasteiger partial charge in [-0.15, -0.1) is 11.3 Å². The molecule has 0 saturated heterocycles. The van der Waals surface area contributed by atoms with Gasteiger partial charge >= 0.3 is 0 Å². The van der Waals surface area contributed by atoms with E-state index in [0.29, 0.717) is 13.1 Å². The van der Waals surface area contributed by atoms with Crippen LogP contribution in [0, 0.1) is 6.92 Å². The van der Waals surface area contributed by atoms with Crippen molar-refractivity contribution >= 4 is 27.5 Å². The van der Waals surface area contributed by atoms with E-state index in [9.17, 15) is 4.79 Å². The first-order valence-electron chi connectivity index (χ1n) is 8.08. The maximum Gasteiger partial charge on any atom is 0.267 e. The molecule has 124 valence electrons. The number of pyridine rings is 1. The Kier molecular flexibility index (Phi) is 5.11. The van der Waals surface area contributed by atoms with E-state index in [-0.39, 0.29) is 5.91 Å². The zero-order chi connectivity index (χ0) is 16.9. The number of rotatable bonds is 6. The summed E-state index contributed by atoms with van der Waals surface area (Å²) in [7, 11) is 0. The van der Waals surface area contributed by atoms with Gasteiger partial charge in [0, 0.05) is 36.3 Å². The molecule has 0 radical (unpaired) electrons. The Morgan fingerprint density at radius 3 is 3.00 bits per heavy atom. The lowest BCUT2D eigenvalue weighted by atomic mass is 10.2. The molecule has 5 heteroatoms. The van der Waals surface area contributed by atoms with E-state index < -0.39 is 0 Å². The number of aromatic nitrogens is 2. The SMILES string of the molecule is C/C=C/Cn1c(C(=O)NCCc2ccccn2)cc2sc(C)cc21. The summed E-state index contributed by atoms with van der Waals surface area (Å²) >= 11 is 1.72. The lowest BCUT2D eigenvalue weighted by molar-refractivity contribution is 0.0946. The minimum Gasteiger partial charge on any atom is -0.350 e. The Morgan fingerprint density at radius 2 is 2.25 bits per heavy atom. The van der Waals surface area contributed by atoms with E-state index in [1.165, 1.54) is 4.88 Å². The third-order valence-corrected chi connectivity index (χ3v) is 4.85. The van der Waals surface area contributed by atoms with Crippen molar-refractivity contribution in [3.63, 3.8) is 0 Å². The lowest BCUT2D eigenvalue weighted by Gasteiger charge is -2.09. The summed E-state index contributed by atoms with van der Waals surface area (Å²) in [5, 5.41) is 3.01. The van der Waals surface area contributed by atoms with Gasteiger partial charge in [0.05, 0.1) is 10.2 Å². The third kappa shape index (κ3) is 3.57. The van der Waals surface area contributed by atoms with Crippen molar-refractivity contribution in [3.8, 4) is 0 Å². The van der Waals surface area contributed by atoms with Crippen molar-refractivity contribution in [1.82, 2.24) is 14.9 Å². The van der Waals surface area contributed by atoms with Crippen molar-refractivity contribution in [1.29, 1.82) is 0 Å². The van der Waals surface area contributed by atoms with E-state index >= 15 is 0 Å². The minimum absolute atomic E-state index is 0.0310. The number of carbonyl (C=O) groups is 1. The van der Waals surface area contributed by atoms with Crippen molar-refractivity contribution in [2.75, 3.05) is 6.54 Å². The van der Waals surface area contributed by atoms with Gasteiger partial charge in [0.15, 0.2) is 0 Å². The molecule has 0 aliphatic heterocycles. The molecule has 1 N–H and O–H groups in total. The van der Waals surface area contributed by atoms with Crippen LogP contribution in [0.3, 0.4) is 0 Å². The first kappa shape index (κ1) is 16.5. The van der Waals surface area contributed by atoms with Crippen LogP contribution in [0.5, 0.6) is 0 Å². The number of thiophene rings is 1. The summed E-state index contributed by atoms with van der Waals surface area (Å²) < 4.78 is 3.24. The molecule has 0 aromatic carbocycles. The molecule has 0 fully saturated rings. The van der Waals surface area contributed by atoms with Crippen molar-refractivity contribution in [2.45, 2.75) is 26.8 Å². The molecule has 0 bridgehead atoms. The van der Waals surface area contributed by atoms with Gasteiger partial charge in [-0.1, -0.05) is 18.2 Å². The fraction of sp³-hybridized carbons (Fsp3) is 0.263. The van der Waals surface area contributed by atoms with Crippen LogP contribution in [0.4, 0.5) is 0 Å². The van der Waals surface area contributed by atoms with Crippen molar-refractivity contribution < 1.29 is 4.79 Å². The van der Waals surface area contributed by atoms with Gasteiger partial charge in [-0.05, 0) is 38.1 Å². The second kappa shape index (κ2) is 7.45. The van der Waals surface area contributed by atoms with Gasteiger partial charge in [0.2, 0.25) is 0 Å². The number of aryl methyl sites for hydroxylation is 1. The predicted molar refractivity (Wildman–Crippen MR) is 99.6 cm³/mol. The Labute approximate surface area is 145 Å². The van der Waals surface area contributed by atoms with Crippen molar-refractivity contribution in [2.24, 2.45) is 0 Å². The minimum atomic E-state index is -0.0310. The predicted octanol–water partition coefficient (Wildman–Crippen LogP) is 3.95. The molecule has 4 nitrogen and oxygen atoms in total. The maximum atomic E-state index is 12.6. The molecule has 0 atom stereocenters. The number of hydrogen-bond donors (Lipinski definition) is 1. The molecular formula is C19H21N3OS. The average Bonchev–Trinajstić information content (AvgIpc) is 3.10. The average molecular weight is 339 g/mol. The topological polar surface area (TPSA) is 46.9 Å². The first-order valence-corrected chi connectivity index (χ1v) is 8.89. The zero-order valence-corrected chi connectivity index (χ0v) is 14.8. The molecule has 0 aliphatic rings. The van der Waals surface area contributed by atoms with Crippen LogP contribution < -0.4 is 5.32 Å². The molecular weight excluding hydrogens is 318 g/mol. The summed E-state index contributed by atoms with van der Waals surface area (Å²) in [6.07, 6.45) is 6.58. The van der Waals surface area contributed by atoms with Crippen LogP contribution in [0.15, 0.2) is 48.7 Å². The smallest absolute Gasteiger partial charge is 0.267 e. The van der Waals surface area contributed by atoms with Gasteiger partial charge in [-0.25, -0.2) is 0 Å². The number of nitrogens with one attached hydrogen (secondary N) is 1. The van der Waals surface area contributed by atoms with Crippen LogP contribution in [0.25, 0.3) is 10.2 Å². The normalized spacial score (nSPS) is 11.4. The fourth-order valence-corrected chi connectivity index (χ4v) is 3.66. The van der Waals surface area contributed by atoms with Gasteiger partial charge < -0.3 is 9.88 Å². The van der Waals surface area contributed by atoms with E-state index in [0.717, 1.165) is 28.0 Å². The molecule has 0 aliphatic carbocycles. The van der Waals surface area contributed by atoms with Crippen LogP contribution in [-0.2, 0) is 13.0 Å². The van der Waals surface area contributed by atoms with E-state index in [2.05, 4.69) is 33.9 Å². The largest absolute Gasteiger partial charge is 0.350 e. The Balaban J connectivity index is 1.74. The molecule has 3 heterocycles. The Hall–Kier alpha value is -2.40. The molecule has 0 spiro atoms. The third-order valence-electron chi connectivity index (χ3n) is 3.86. The van der Waals surface area contributed by atoms with E-state index in [4.69, 9.17) is 0 Å². The number of amides is 1. The highest BCUT2D eigenvalue weighted by atomic mass is 32.1. The maximum absolute atomic E-state index is 12.6. The van der Waals surface area contributed by atoms with Crippen LogP contribution in [-0.4, -0.2) is 22.0 Å². The number of fused-ring (bicyclic) bond motifs is 1. The van der Waals surface area contributed by atoms with Crippen LogP contribution >= 0.6 is 11.3 Å².